The fourth-order valence-electron chi connectivity index (χ4n) is 1.68. The first-order chi connectivity index (χ1) is 10.7. The van der Waals surface area contributed by atoms with Crippen molar-refractivity contribution in [2.24, 2.45) is 5.73 Å². The van der Waals surface area contributed by atoms with E-state index in [4.69, 9.17) is 26.8 Å². The van der Waals surface area contributed by atoms with Crippen molar-refractivity contribution in [2.45, 2.75) is 6.54 Å². The summed E-state index contributed by atoms with van der Waals surface area (Å²) in [5.74, 6) is 0.0682. The molecule has 126 valence electrons. The molecule has 0 radical (unpaired) electrons. The fraction of sp³-hybridized carbons (Fsp3) is 0.286. The van der Waals surface area contributed by atoms with Crippen molar-refractivity contribution < 1.29 is 14.3 Å². The van der Waals surface area contributed by atoms with Gasteiger partial charge in [-0.25, -0.2) is 4.98 Å². The first-order valence-corrected chi connectivity index (χ1v) is 7.77. The largest absolute Gasteiger partial charge is 0.487 e. The average Bonchev–Trinajstić information content (AvgIpc) is 2.99. The molecule has 23 heavy (non-hydrogen) atoms. The van der Waals surface area contributed by atoms with Crippen LogP contribution in [0.2, 0.25) is 5.02 Å². The van der Waals surface area contributed by atoms with Crippen LogP contribution >= 0.6 is 35.3 Å². The lowest BCUT2D eigenvalue weighted by Gasteiger charge is -2.13. The molecule has 0 aliphatic heterocycles. The molecule has 6 nitrogen and oxygen atoms in total. The van der Waals surface area contributed by atoms with Crippen molar-refractivity contribution in [1.82, 2.24) is 4.98 Å². The number of nitrogens with zero attached hydrogens (tertiary/aromatic N) is 1. The van der Waals surface area contributed by atoms with Crippen molar-refractivity contribution in [3.05, 3.63) is 39.3 Å². The number of aromatic nitrogens is 1. The zero-order valence-corrected chi connectivity index (χ0v) is 14.8. The fourth-order valence-corrected chi connectivity index (χ4v) is 2.56. The zero-order chi connectivity index (χ0) is 15.9. The highest BCUT2D eigenvalue weighted by Gasteiger charge is 2.15. The van der Waals surface area contributed by atoms with Gasteiger partial charge in [0.1, 0.15) is 17.3 Å². The third-order valence-electron chi connectivity index (χ3n) is 2.71. The number of amides is 1. The van der Waals surface area contributed by atoms with Crippen LogP contribution in [0.3, 0.4) is 0 Å². The Labute approximate surface area is 149 Å². The van der Waals surface area contributed by atoms with Gasteiger partial charge < -0.3 is 20.5 Å². The topological polar surface area (TPSA) is 86.5 Å². The van der Waals surface area contributed by atoms with E-state index < -0.39 is 0 Å². The Hall–Kier alpha value is -1.38. The van der Waals surface area contributed by atoms with Gasteiger partial charge in [-0.05, 0) is 12.1 Å². The molecule has 0 saturated carbocycles. The summed E-state index contributed by atoms with van der Waals surface area (Å²) >= 11 is 7.46. The van der Waals surface area contributed by atoms with Gasteiger partial charge in [0.2, 0.25) is 0 Å². The van der Waals surface area contributed by atoms with Crippen molar-refractivity contribution in [2.75, 3.05) is 25.6 Å². The lowest BCUT2D eigenvalue weighted by atomic mass is 10.2. The maximum absolute atomic E-state index is 12.2. The average molecular weight is 378 g/mol. The standard InChI is InChI=1S/C14H16ClN3O3S.ClH/c1-20-5-6-21-13-9(15)3-2-4-10(13)18-14(19)11-8-22-12(7-16)17-11;/h2-4,8H,5-7,16H2,1H3,(H,18,19);1H. The molecule has 0 aliphatic carbocycles. The van der Waals surface area contributed by atoms with Gasteiger partial charge in [0.05, 0.1) is 17.3 Å². The molecular formula is C14H17Cl2N3O3S. The molecule has 0 fully saturated rings. The van der Waals surface area contributed by atoms with Gasteiger partial charge >= 0.3 is 0 Å². The molecule has 0 bridgehead atoms. The number of nitrogens with two attached hydrogens (primary N) is 1. The molecule has 0 unspecified atom stereocenters. The number of nitrogens with one attached hydrogen (secondary N) is 1. The molecule has 0 saturated heterocycles. The minimum absolute atomic E-state index is 0. The number of carbonyl (C=O) groups excluding carboxylic acids is 1. The summed E-state index contributed by atoms with van der Waals surface area (Å²) < 4.78 is 10.5. The number of thiazole rings is 1. The molecule has 1 aromatic heterocycles. The maximum Gasteiger partial charge on any atom is 0.275 e. The molecule has 0 aliphatic rings. The van der Waals surface area contributed by atoms with Crippen LogP contribution < -0.4 is 15.8 Å². The number of rotatable bonds is 7. The summed E-state index contributed by atoms with van der Waals surface area (Å²) in [7, 11) is 1.58. The quantitative estimate of drug-likeness (QED) is 0.724. The van der Waals surface area contributed by atoms with Gasteiger partial charge in [-0.3, -0.25) is 4.79 Å². The van der Waals surface area contributed by atoms with Gasteiger partial charge in [0.25, 0.3) is 5.91 Å². The normalized spacial score (nSPS) is 10.0. The summed E-state index contributed by atoms with van der Waals surface area (Å²) in [5, 5.41) is 5.52. The summed E-state index contributed by atoms with van der Waals surface area (Å²) in [5.41, 5.74) is 6.29. The number of benzene rings is 1. The van der Waals surface area contributed by atoms with E-state index in [-0.39, 0.29) is 18.3 Å². The molecule has 3 N–H and O–H groups in total. The van der Waals surface area contributed by atoms with Crippen LogP contribution in [-0.2, 0) is 11.3 Å². The summed E-state index contributed by atoms with van der Waals surface area (Å²) in [4.78, 5) is 16.3. The minimum Gasteiger partial charge on any atom is -0.487 e. The van der Waals surface area contributed by atoms with Gasteiger partial charge in [-0.15, -0.1) is 23.7 Å². The minimum atomic E-state index is -0.338. The van der Waals surface area contributed by atoms with E-state index in [1.54, 1.807) is 30.7 Å². The van der Waals surface area contributed by atoms with Gasteiger partial charge in [-0.1, -0.05) is 17.7 Å². The number of methoxy groups -OCH3 is 1. The Kier molecular flexibility index (Phi) is 8.29. The van der Waals surface area contributed by atoms with Crippen LogP contribution in [0.5, 0.6) is 5.75 Å². The predicted molar refractivity (Wildman–Crippen MR) is 94.0 cm³/mol. The second-order valence-corrected chi connectivity index (χ2v) is 5.59. The van der Waals surface area contributed by atoms with Crippen molar-refractivity contribution in [1.29, 1.82) is 0 Å². The first kappa shape index (κ1) is 19.7. The summed E-state index contributed by atoms with van der Waals surface area (Å²) in [6, 6.07) is 5.13. The van der Waals surface area contributed by atoms with Crippen LogP contribution in [0.15, 0.2) is 23.6 Å². The second kappa shape index (κ2) is 9.69. The summed E-state index contributed by atoms with van der Waals surface area (Å²) in [6.45, 7) is 1.06. The second-order valence-electron chi connectivity index (χ2n) is 4.24. The molecule has 2 aromatic rings. The van der Waals surface area contributed by atoms with E-state index >= 15 is 0 Å². The van der Waals surface area contributed by atoms with Crippen molar-refractivity contribution >= 4 is 46.9 Å². The van der Waals surface area contributed by atoms with E-state index in [1.807, 2.05) is 0 Å². The Bertz CT molecular complexity index is 652. The zero-order valence-electron chi connectivity index (χ0n) is 12.4. The predicted octanol–water partition coefficient (Wildman–Crippen LogP) is 2.95. The highest BCUT2D eigenvalue weighted by atomic mass is 35.5. The summed E-state index contributed by atoms with van der Waals surface area (Å²) in [6.07, 6.45) is 0. The Morgan fingerprint density at radius 1 is 1.43 bits per heavy atom. The smallest absolute Gasteiger partial charge is 0.275 e. The van der Waals surface area contributed by atoms with Crippen LogP contribution in [0, 0.1) is 0 Å². The van der Waals surface area contributed by atoms with Gasteiger partial charge in [-0.2, -0.15) is 0 Å². The third kappa shape index (κ3) is 5.33. The lowest BCUT2D eigenvalue weighted by molar-refractivity contribution is 0.102. The number of halogens is 2. The molecule has 1 heterocycles. The Morgan fingerprint density at radius 2 is 2.22 bits per heavy atom. The van der Waals surface area contributed by atoms with Crippen LogP contribution in [0.4, 0.5) is 5.69 Å². The first-order valence-electron chi connectivity index (χ1n) is 6.51. The van der Waals surface area contributed by atoms with Crippen molar-refractivity contribution in [3.8, 4) is 5.75 Å². The number of hydrogen-bond donors (Lipinski definition) is 2. The molecule has 0 spiro atoms. The van der Waals surface area contributed by atoms with Crippen LogP contribution in [0.1, 0.15) is 15.5 Å². The lowest BCUT2D eigenvalue weighted by Crippen LogP contribution is -2.14. The highest BCUT2D eigenvalue weighted by molar-refractivity contribution is 7.09. The molecule has 1 amide bonds. The van der Waals surface area contributed by atoms with E-state index in [9.17, 15) is 4.79 Å². The van der Waals surface area contributed by atoms with Crippen molar-refractivity contribution in [3.63, 3.8) is 0 Å². The molecule has 9 heteroatoms. The van der Waals surface area contributed by atoms with Crippen LogP contribution in [-0.4, -0.2) is 31.2 Å². The van der Waals surface area contributed by atoms with Crippen LogP contribution in [0.25, 0.3) is 0 Å². The third-order valence-corrected chi connectivity index (χ3v) is 3.88. The number of carbonyl (C=O) groups is 1. The monoisotopic (exact) mass is 377 g/mol. The van der Waals surface area contributed by atoms with E-state index in [0.29, 0.717) is 46.9 Å². The Balaban J connectivity index is 0.00000264. The van der Waals surface area contributed by atoms with E-state index in [2.05, 4.69) is 10.3 Å². The molecular weight excluding hydrogens is 361 g/mol. The van der Waals surface area contributed by atoms with Gasteiger partial charge in [0, 0.05) is 19.0 Å². The number of anilines is 1. The Morgan fingerprint density at radius 3 is 2.87 bits per heavy atom. The maximum atomic E-state index is 12.2. The number of hydrogen-bond acceptors (Lipinski definition) is 6. The molecule has 1 aromatic carbocycles. The SMILES string of the molecule is COCCOc1c(Cl)cccc1NC(=O)c1csc(CN)n1.Cl. The van der Waals surface area contributed by atoms with E-state index in [1.165, 1.54) is 11.3 Å². The molecule has 0 atom stereocenters. The van der Waals surface area contributed by atoms with Gasteiger partial charge in [0.15, 0.2) is 5.75 Å². The van der Waals surface area contributed by atoms with E-state index in [0.717, 1.165) is 0 Å². The number of para-hydroxylation sites is 1. The molecule has 2 rings (SSSR count). The number of ether oxygens (including phenoxy) is 2. The highest BCUT2D eigenvalue weighted by Crippen LogP contribution is 2.33.